The summed E-state index contributed by atoms with van der Waals surface area (Å²) >= 11 is 6.08. The Hall–Kier alpha value is -1.85. The number of nitrogens with zero attached hydrogens (tertiary/aromatic N) is 1. The van der Waals surface area contributed by atoms with Crippen LogP contribution < -0.4 is 0 Å². The van der Waals surface area contributed by atoms with E-state index in [4.69, 9.17) is 11.6 Å². The Kier molecular flexibility index (Phi) is 3.96. The van der Waals surface area contributed by atoms with Gasteiger partial charge in [0.1, 0.15) is 5.82 Å². The summed E-state index contributed by atoms with van der Waals surface area (Å²) in [5.41, 5.74) is 1.73. The molecule has 0 heterocycles. The molecule has 0 aliphatic heterocycles. The van der Waals surface area contributed by atoms with Crippen LogP contribution in [0.15, 0.2) is 48.5 Å². The van der Waals surface area contributed by atoms with E-state index in [9.17, 15) is 9.65 Å². The van der Waals surface area contributed by atoms with Crippen LogP contribution in [0.2, 0.25) is 5.02 Å². The van der Waals surface area contributed by atoms with E-state index in [2.05, 4.69) is 6.07 Å². The maximum absolute atomic E-state index is 12.8. The smallest absolute Gasteiger partial charge is 0.123 e. The maximum atomic E-state index is 12.8. The van der Waals surface area contributed by atoms with Gasteiger partial charge in [0.05, 0.1) is 12.0 Å². The molecule has 0 aromatic heterocycles. The first kappa shape index (κ1) is 12.6. The lowest BCUT2D eigenvalue weighted by Gasteiger charge is -2.11. The number of nitriles is 1. The van der Waals surface area contributed by atoms with Crippen LogP contribution in [0.1, 0.15) is 17.0 Å². The van der Waals surface area contributed by atoms with Crippen molar-refractivity contribution < 1.29 is 4.39 Å². The number of benzene rings is 2. The highest BCUT2D eigenvalue weighted by atomic mass is 35.5. The van der Waals surface area contributed by atoms with Gasteiger partial charge in [0.2, 0.25) is 0 Å². The Morgan fingerprint density at radius 2 is 1.78 bits per heavy atom. The van der Waals surface area contributed by atoms with Gasteiger partial charge >= 0.3 is 0 Å². The second-order valence-corrected chi connectivity index (χ2v) is 4.44. The first-order chi connectivity index (χ1) is 8.70. The van der Waals surface area contributed by atoms with Crippen molar-refractivity contribution in [1.29, 1.82) is 5.26 Å². The molecule has 0 N–H and O–H groups in total. The van der Waals surface area contributed by atoms with Crippen LogP contribution in [0.25, 0.3) is 0 Å². The number of halogens is 2. The van der Waals surface area contributed by atoms with E-state index in [1.807, 2.05) is 18.2 Å². The minimum atomic E-state index is -0.316. The van der Waals surface area contributed by atoms with E-state index < -0.39 is 0 Å². The highest BCUT2D eigenvalue weighted by Gasteiger charge is 2.14. The number of hydrogen-bond donors (Lipinski definition) is 0. The molecule has 1 nitrogen and oxygen atoms in total. The van der Waals surface area contributed by atoms with Crippen LogP contribution in [-0.2, 0) is 6.42 Å². The number of rotatable bonds is 3. The summed E-state index contributed by atoms with van der Waals surface area (Å²) in [5, 5.41) is 9.83. The van der Waals surface area contributed by atoms with Crippen LogP contribution in [0.4, 0.5) is 4.39 Å². The lowest BCUT2D eigenvalue weighted by Crippen LogP contribution is -2.01. The molecule has 0 saturated heterocycles. The average molecular weight is 260 g/mol. The van der Waals surface area contributed by atoms with Crippen molar-refractivity contribution in [3.63, 3.8) is 0 Å². The predicted octanol–water partition coefficient (Wildman–Crippen LogP) is 4.33. The quantitative estimate of drug-likeness (QED) is 0.805. The van der Waals surface area contributed by atoms with Gasteiger partial charge in [0, 0.05) is 5.02 Å². The van der Waals surface area contributed by atoms with Crippen LogP contribution in [0.5, 0.6) is 0 Å². The molecule has 90 valence electrons. The SMILES string of the molecule is N#CC(Cc1ccc(F)cc1)c1ccccc1Cl. The van der Waals surface area contributed by atoms with Crippen LogP contribution in [0, 0.1) is 17.1 Å². The Bertz CT molecular complexity index is 572. The molecule has 0 amide bonds. The molecule has 0 radical (unpaired) electrons. The summed E-state index contributed by atoms with van der Waals surface area (Å²) in [5.74, 6) is -0.589. The Morgan fingerprint density at radius 1 is 1.11 bits per heavy atom. The van der Waals surface area contributed by atoms with E-state index in [0.29, 0.717) is 11.4 Å². The van der Waals surface area contributed by atoms with Gasteiger partial charge in [0.15, 0.2) is 0 Å². The summed E-state index contributed by atoms with van der Waals surface area (Å²) < 4.78 is 12.8. The monoisotopic (exact) mass is 259 g/mol. The molecule has 2 rings (SSSR count). The van der Waals surface area contributed by atoms with Gasteiger partial charge in [-0.2, -0.15) is 5.26 Å². The van der Waals surface area contributed by atoms with Crippen molar-refractivity contribution in [2.75, 3.05) is 0 Å². The standard InChI is InChI=1S/C15H11ClFN/c16-15-4-2-1-3-14(15)12(10-18)9-11-5-7-13(17)8-6-11/h1-8,12H,9H2. The first-order valence-corrected chi connectivity index (χ1v) is 5.97. The zero-order valence-electron chi connectivity index (χ0n) is 9.61. The van der Waals surface area contributed by atoms with Crippen LogP contribution in [-0.4, -0.2) is 0 Å². The largest absolute Gasteiger partial charge is 0.207 e. The average Bonchev–Trinajstić information content (AvgIpc) is 2.39. The topological polar surface area (TPSA) is 23.8 Å². The maximum Gasteiger partial charge on any atom is 0.123 e. The van der Waals surface area contributed by atoms with Gasteiger partial charge in [-0.05, 0) is 35.7 Å². The fraction of sp³-hybridized carbons (Fsp3) is 0.133. The minimum absolute atomic E-state index is 0.273. The van der Waals surface area contributed by atoms with Crippen molar-refractivity contribution in [2.45, 2.75) is 12.3 Å². The molecule has 3 heteroatoms. The summed E-state index contributed by atoms with van der Waals surface area (Å²) in [6.07, 6.45) is 0.528. The number of hydrogen-bond acceptors (Lipinski definition) is 1. The van der Waals surface area contributed by atoms with Crippen molar-refractivity contribution in [2.24, 2.45) is 0 Å². The molecule has 0 spiro atoms. The highest BCUT2D eigenvalue weighted by Crippen LogP contribution is 2.26. The van der Waals surface area contributed by atoms with Crippen LogP contribution >= 0.6 is 11.6 Å². The third-order valence-corrected chi connectivity index (χ3v) is 3.13. The molecule has 0 aliphatic rings. The van der Waals surface area contributed by atoms with Gasteiger partial charge in [-0.3, -0.25) is 0 Å². The zero-order valence-corrected chi connectivity index (χ0v) is 10.4. The van der Waals surface area contributed by atoms with E-state index in [-0.39, 0.29) is 11.7 Å². The van der Waals surface area contributed by atoms with Crippen molar-refractivity contribution in [1.82, 2.24) is 0 Å². The summed E-state index contributed by atoms with van der Waals surface area (Å²) in [6, 6.07) is 15.7. The molecular weight excluding hydrogens is 249 g/mol. The Balaban J connectivity index is 2.23. The summed E-state index contributed by atoms with van der Waals surface area (Å²) in [6.45, 7) is 0. The lowest BCUT2D eigenvalue weighted by molar-refractivity contribution is 0.626. The van der Waals surface area contributed by atoms with Gasteiger partial charge < -0.3 is 0 Å². The highest BCUT2D eigenvalue weighted by molar-refractivity contribution is 6.31. The third kappa shape index (κ3) is 2.88. The molecule has 0 fully saturated rings. The normalized spacial score (nSPS) is 11.8. The van der Waals surface area contributed by atoms with Gasteiger partial charge in [-0.25, -0.2) is 4.39 Å². The van der Waals surface area contributed by atoms with Crippen molar-refractivity contribution >= 4 is 11.6 Å². The second-order valence-electron chi connectivity index (χ2n) is 4.03. The molecule has 18 heavy (non-hydrogen) atoms. The van der Waals surface area contributed by atoms with Crippen molar-refractivity contribution in [3.05, 3.63) is 70.5 Å². The van der Waals surface area contributed by atoms with E-state index >= 15 is 0 Å². The molecule has 2 aromatic rings. The van der Waals surface area contributed by atoms with Crippen LogP contribution in [0.3, 0.4) is 0 Å². The molecule has 0 bridgehead atoms. The minimum Gasteiger partial charge on any atom is -0.207 e. The lowest BCUT2D eigenvalue weighted by atomic mass is 9.93. The first-order valence-electron chi connectivity index (χ1n) is 5.59. The van der Waals surface area contributed by atoms with Gasteiger partial charge in [0.25, 0.3) is 0 Å². The van der Waals surface area contributed by atoms with E-state index in [1.54, 1.807) is 18.2 Å². The summed E-state index contributed by atoms with van der Waals surface area (Å²) in [4.78, 5) is 0. The van der Waals surface area contributed by atoms with E-state index in [1.165, 1.54) is 12.1 Å². The fourth-order valence-electron chi connectivity index (χ4n) is 1.84. The van der Waals surface area contributed by atoms with E-state index in [0.717, 1.165) is 11.1 Å². The molecular formula is C15H11ClFN. The molecule has 0 saturated carbocycles. The van der Waals surface area contributed by atoms with Gasteiger partial charge in [-0.1, -0.05) is 41.9 Å². The van der Waals surface area contributed by atoms with Gasteiger partial charge in [-0.15, -0.1) is 0 Å². The third-order valence-electron chi connectivity index (χ3n) is 2.79. The predicted molar refractivity (Wildman–Crippen MR) is 69.9 cm³/mol. The second kappa shape index (κ2) is 5.66. The molecule has 1 atom stereocenters. The Labute approximate surface area is 110 Å². The summed E-state index contributed by atoms with van der Waals surface area (Å²) in [7, 11) is 0. The molecule has 0 aliphatic carbocycles. The van der Waals surface area contributed by atoms with Crippen molar-refractivity contribution in [3.8, 4) is 6.07 Å². The fourth-order valence-corrected chi connectivity index (χ4v) is 2.11. The Morgan fingerprint density at radius 3 is 2.39 bits per heavy atom. The molecule has 1 unspecified atom stereocenters. The molecule has 2 aromatic carbocycles. The zero-order chi connectivity index (χ0) is 13.0.